The van der Waals surface area contributed by atoms with E-state index in [0.717, 1.165) is 9.18 Å². The second kappa shape index (κ2) is 9.96. The number of benzene rings is 1. The van der Waals surface area contributed by atoms with Crippen LogP contribution in [0.4, 0.5) is 5.69 Å². The molecule has 8 nitrogen and oxygen atoms in total. The number of carbonyl (C=O) groups is 3. The van der Waals surface area contributed by atoms with E-state index in [2.05, 4.69) is 5.32 Å². The first-order valence-corrected chi connectivity index (χ1v) is 11.3. The zero-order valence-corrected chi connectivity index (χ0v) is 18.9. The molecule has 0 aliphatic carbocycles. The molecule has 0 spiro atoms. The third-order valence-corrected chi connectivity index (χ3v) is 7.16. The van der Waals surface area contributed by atoms with Gasteiger partial charge in [-0.05, 0) is 43.7 Å². The largest absolute Gasteiger partial charge is 0.456 e. The monoisotopic (exact) mass is 452 g/mol. The van der Waals surface area contributed by atoms with E-state index >= 15 is 0 Å². The first-order valence-electron chi connectivity index (χ1n) is 9.09. The van der Waals surface area contributed by atoms with Crippen molar-refractivity contribution in [3.63, 3.8) is 0 Å². The van der Waals surface area contributed by atoms with Crippen LogP contribution in [0.3, 0.4) is 0 Å². The molecule has 1 aromatic heterocycles. The Hall–Kier alpha value is -2.56. The molecule has 0 saturated heterocycles. The number of aryl methyl sites for hydroxylation is 2. The number of carbonyl (C=O) groups excluding carboxylic acids is 3. The van der Waals surface area contributed by atoms with E-state index in [1.807, 2.05) is 13.0 Å². The van der Waals surface area contributed by atoms with Crippen molar-refractivity contribution in [3.8, 4) is 0 Å². The third kappa shape index (κ3) is 6.22. The Kier molecular flexibility index (Phi) is 7.88. The number of hydrogen-bond donors (Lipinski definition) is 1. The van der Waals surface area contributed by atoms with Gasteiger partial charge in [0.25, 0.3) is 5.91 Å². The molecule has 2 aromatic rings. The minimum atomic E-state index is -3.66. The minimum Gasteiger partial charge on any atom is -0.456 e. The summed E-state index contributed by atoms with van der Waals surface area (Å²) >= 11 is 1.36. The van der Waals surface area contributed by atoms with Crippen LogP contribution < -0.4 is 5.32 Å². The second-order valence-electron chi connectivity index (χ2n) is 6.81. The molecule has 30 heavy (non-hydrogen) atoms. The average Bonchev–Trinajstić information content (AvgIpc) is 3.12. The Morgan fingerprint density at radius 2 is 1.77 bits per heavy atom. The van der Waals surface area contributed by atoms with Crippen LogP contribution in [0.2, 0.25) is 0 Å². The van der Waals surface area contributed by atoms with Crippen molar-refractivity contribution in [1.82, 2.24) is 4.31 Å². The first kappa shape index (κ1) is 23.7. The number of nitrogens with one attached hydrogen (secondary N) is 1. The van der Waals surface area contributed by atoms with Crippen molar-refractivity contribution in [3.05, 3.63) is 45.6 Å². The summed E-state index contributed by atoms with van der Waals surface area (Å²) in [5.41, 5.74) is 0.809. The maximum absolute atomic E-state index is 12.4. The molecule has 1 aromatic carbocycles. The Balaban J connectivity index is 1.87. The quantitative estimate of drug-likeness (QED) is 0.463. The highest BCUT2D eigenvalue weighted by Crippen LogP contribution is 2.22. The Bertz CT molecular complexity index is 1060. The minimum absolute atomic E-state index is 0.00409. The van der Waals surface area contributed by atoms with Gasteiger partial charge in [-0.2, -0.15) is 0 Å². The van der Waals surface area contributed by atoms with Gasteiger partial charge in [0.2, 0.25) is 10.0 Å². The van der Waals surface area contributed by atoms with Gasteiger partial charge in [-0.1, -0.05) is 6.07 Å². The molecule has 0 aliphatic rings. The zero-order chi connectivity index (χ0) is 22.5. The molecule has 0 atom stereocenters. The highest BCUT2D eigenvalue weighted by Gasteiger charge is 2.20. The summed E-state index contributed by atoms with van der Waals surface area (Å²) < 4.78 is 30.7. The van der Waals surface area contributed by atoms with Crippen molar-refractivity contribution < 1.29 is 27.5 Å². The normalized spacial score (nSPS) is 11.4. The Morgan fingerprint density at radius 3 is 2.37 bits per heavy atom. The molecule has 1 heterocycles. The summed E-state index contributed by atoms with van der Waals surface area (Å²) in [6.07, 6.45) is -0.122. The number of Topliss-reactive ketones (excluding diaryl/α,β-unsaturated/α-hetero) is 1. The second-order valence-corrected chi connectivity index (χ2v) is 10.2. The standard InChI is InChI=1S/C20H24N2O6S2/c1-13-5-7-15(11-18(13)30(26,27)22(3)4)21-19(24)12-28-20(25)10-8-16(23)17-9-6-14(2)29-17/h5-7,9,11H,8,10,12H2,1-4H3,(H,21,24). The molecule has 2 rings (SSSR count). The summed E-state index contributed by atoms with van der Waals surface area (Å²) in [6, 6.07) is 8.04. The average molecular weight is 453 g/mol. The number of anilines is 1. The molecular formula is C20H24N2O6S2. The van der Waals surface area contributed by atoms with E-state index in [1.165, 1.54) is 31.5 Å². The summed E-state index contributed by atoms with van der Waals surface area (Å²) in [5, 5.41) is 2.51. The predicted octanol–water partition coefficient (Wildman–Crippen LogP) is 2.76. The van der Waals surface area contributed by atoms with Gasteiger partial charge < -0.3 is 10.1 Å². The van der Waals surface area contributed by atoms with Crippen molar-refractivity contribution in [2.45, 2.75) is 31.6 Å². The van der Waals surface area contributed by atoms with Gasteiger partial charge in [0.1, 0.15) is 0 Å². The smallest absolute Gasteiger partial charge is 0.306 e. The van der Waals surface area contributed by atoms with Crippen LogP contribution in [0.25, 0.3) is 0 Å². The van der Waals surface area contributed by atoms with E-state index in [1.54, 1.807) is 25.1 Å². The van der Waals surface area contributed by atoms with Crippen molar-refractivity contribution in [2.24, 2.45) is 0 Å². The first-order chi connectivity index (χ1) is 14.0. The topological polar surface area (TPSA) is 110 Å². The lowest BCUT2D eigenvalue weighted by Gasteiger charge is -2.15. The van der Waals surface area contributed by atoms with E-state index in [4.69, 9.17) is 4.74 Å². The van der Waals surface area contributed by atoms with Gasteiger partial charge >= 0.3 is 5.97 Å². The van der Waals surface area contributed by atoms with Gasteiger partial charge in [-0.15, -0.1) is 11.3 Å². The van der Waals surface area contributed by atoms with E-state index in [0.29, 0.717) is 10.4 Å². The van der Waals surface area contributed by atoms with Crippen LogP contribution in [0, 0.1) is 13.8 Å². The summed E-state index contributed by atoms with van der Waals surface area (Å²) in [7, 11) is -0.822. The molecule has 0 radical (unpaired) electrons. The van der Waals surface area contributed by atoms with Gasteiger partial charge in [-0.3, -0.25) is 14.4 Å². The fourth-order valence-electron chi connectivity index (χ4n) is 2.49. The molecule has 1 amide bonds. The van der Waals surface area contributed by atoms with Crippen LogP contribution >= 0.6 is 11.3 Å². The maximum Gasteiger partial charge on any atom is 0.306 e. The van der Waals surface area contributed by atoms with Crippen LogP contribution in [0.5, 0.6) is 0 Å². The fourth-order valence-corrected chi connectivity index (χ4v) is 4.47. The fraction of sp³-hybridized carbons (Fsp3) is 0.350. The van der Waals surface area contributed by atoms with Gasteiger partial charge in [-0.25, -0.2) is 12.7 Å². The van der Waals surface area contributed by atoms with E-state index in [9.17, 15) is 22.8 Å². The number of ether oxygens (including phenoxy) is 1. The molecule has 0 aliphatic heterocycles. The van der Waals surface area contributed by atoms with Crippen LogP contribution in [-0.2, 0) is 24.3 Å². The number of nitrogens with zero attached hydrogens (tertiary/aromatic N) is 1. The molecule has 10 heteroatoms. The zero-order valence-electron chi connectivity index (χ0n) is 17.2. The number of thiophene rings is 1. The summed E-state index contributed by atoms with van der Waals surface area (Å²) in [5.74, 6) is -1.42. The lowest BCUT2D eigenvalue weighted by Crippen LogP contribution is -2.24. The van der Waals surface area contributed by atoms with Crippen LogP contribution in [0.1, 0.15) is 33.0 Å². The number of esters is 1. The van der Waals surface area contributed by atoms with Crippen molar-refractivity contribution in [2.75, 3.05) is 26.0 Å². The lowest BCUT2D eigenvalue weighted by molar-refractivity contribution is -0.147. The van der Waals surface area contributed by atoms with E-state index in [-0.39, 0.29) is 29.2 Å². The van der Waals surface area contributed by atoms with Gasteiger partial charge in [0.05, 0.1) is 16.2 Å². The number of ketones is 1. The summed E-state index contributed by atoms with van der Waals surface area (Å²) in [6.45, 7) is 3.01. The van der Waals surface area contributed by atoms with Gasteiger partial charge in [0.15, 0.2) is 12.4 Å². The number of amides is 1. The van der Waals surface area contributed by atoms with Crippen LogP contribution in [0.15, 0.2) is 35.2 Å². The molecule has 0 unspecified atom stereocenters. The molecule has 0 bridgehead atoms. The molecule has 1 N–H and O–H groups in total. The molecular weight excluding hydrogens is 428 g/mol. The van der Waals surface area contributed by atoms with Crippen molar-refractivity contribution >= 4 is 44.7 Å². The van der Waals surface area contributed by atoms with Crippen molar-refractivity contribution in [1.29, 1.82) is 0 Å². The van der Waals surface area contributed by atoms with Crippen LogP contribution in [-0.4, -0.2) is 51.1 Å². The highest BCUT2D eigenvalue weighted by atomic mass is 32.2. The molecule has 0 fully saturated rings. The number of hydrogen-bond acceptors (Lipinski definition) is 7. The number of sulfonamides is 1. The Morgan fingerprint density at radius 1 is 1.07 bits per heavy atom. The molecule has 0 saturated carbocycles. The summed E-state index contributed by atoms with van der Waals surface area (Å²) in [4.78, 5) is 37.5. The molecule has 162 valence electrons. The van der Waals surface area contributed by atoms with E-state index < -0.39 is 28.5 Å². The SMILES string of the molecule is Cc1ccc(C(=O)CCC(=O)OCC(=O)Nc2ccc(C)c(S(=O)(=O)N(C)C)c2)s1. The maximum atomic E-state index is 12.4. The predicted molar refractivity (Wildman–Crippen MR) is 114 cm³/mol. The lowest BCUT2D eigenvalue weighted by atomic mass is 10.2. The Labute approximate surface area is 179 Å². The van der Waals surface area contributed by atoms with Gasteiger partial charge in [0, 0.05) is 31.1 Å². The number of rotatable bonds is 9. The third-order valence-electron chi connectivity index (χ3n) is 4.17. The highest BCUT2D eigenvalue weighted by molar-refractivity contribution is 7.89.